The van der Waals surface area contributed by atoms with E-state index in [1.165, 1.54) is 124 Å². The van der Waals surface area contributed by atoms with Crippen molar-refractivity contribution in [1.29, 1.82) is 0 Å². The van der Waals surface area contributed by atoms with Crippen molar-refractivity contribution in [1.82, 2.24) is 0 Å². The minimum atomic E-state index is -0.556. The Kier molecular flexibility index (Phi) is 23.3. The quantitative estimate of drug-likeness (QED) is 0.248. The highest BCUT2D eigenvalue weighted by Crippen LogP contribution is 2.55. The first-order valence-electron chi connectivity index (χ1n) is 23.5. The lowest BCUT2D eigenvalue weighted by Gasteiger charge is -2.32. The average molecular weight is 807 g/mol. The zero-order valence-electron chi connectivity index (χ0n) is 35.5. The smallest absolute Gasteiger partial charge is 0.102 e. The Morgan fingerprint density at radius 2 is 0.635 bits per heavy atom. The second-order valence-electron chi connectivity index (χ2n) is 19.8. The zero-order chi connectivity index (χ0) is 38.0. The molecule has 0 aromatic carbocycles. The molecule has 0 N–H and O–H groups in total. The van der Waals surface area contributed by atoms with Crippen LogP contribution in [0.25, 0.3) is 0 Å². The molecule has 0 radical (unpaired) electrons. The predicted molar refractivity (Wildman–Crippen MR) is 236 cm³/mol. The van der Waals surface area contributed by atoms with Gasteiger partial charge in [0, 0.05) is 0 Å². The van der Waals surface area contributed by atoms with Gasteiger partial charge < -0.3 is 0 Å². The average Bonchev–Trinajstić information content (AvgIpc) is 3.93. The van der Waals surface area contributed by atoms with E-state index in [1.54, 1.807) is 143 Å². The number of rotatable bonds is 4. The molecule has 0 aromatic rings. The fourth-order valence-corrected chi connectivity index (χ4v) is 12.4. The number of halogens is 4. The summed E-state index contributed by atoms with van der Waals surface area (Å²) < 4.78 is -1.11. The Morgan fingerprint density at radius 1 is 0.385 bits per heavy atom. The van der Waals surface area contributed by atoms with Crippen molar-refractivity contribution in [3.05, 3.63) is 0 Å². The molecule has 0 spiro atoms. The van der Waals surface area contributed by atoms with Crippen molar-refractivity contribution >= 4 is 46.4 Å². The van der Waals surface area contributed by atoms with Gasteiger partial charge in [0.1, 0.15) is 8.67 Å². The van der Waals surface area contributed by atoms with Crippen LogP contribution in [-0.2, 0) is 0 Å². The van der Waals surface area contributed by atoms with Crippen LogP contribution in [0.15, 0.2) is 0 Å². The van der Waals surface area contributed by atoms with Gasteiger partial charge >= 0.3 is 0 Å². The molecular formula is C48H88Cl4. The van der Waals surface area contributed by atoms with Crippen LogP contribution >= 0.6 is 46.4 Å². The highest BCUT2D eigenvalue weighted by atomic mass is 35.5. The Balaban J connectivity index is 0.000000176. The number of hydrogen-bond acceptors (Lipinski definition) is 0. The summed E-state index contributed by atoms with van der Waals surface area (Å²) in [5.41, 5.74) is 0. The third-order valence-corrected chi connectivity index (χ3v) is 14.7. The monoisotopic (exact) mass is 805 g/mol. The van der Waals surface area contributed by atoms with E-state index >= 15 is 0 Å². The molecular weight excluding hydrogens is 718 g/mol. The molecule has 0 aromatic heterocycles. The largest absolute Gasteiger partial charge is 0.112 e. The van der Waals surface area contributed by atoms with E-state index < -0.39 is 8.67 Å². The summed E-state index contributed by atoms with van der Waals surface area (Å²) in [6, 6.07) is 0. The lowest BCUT2D eigenvalue weighted by molar-refractivity contribution is 0.184. The summed E-state index contributed by atoms with van der Waals surface area (Å²) in [6.07, 6.45) is 46.1. The minimum Gasteiger partial charge on any atom is -0.102 e. The maximum atomic E-state index is 5.30. The van der Waals surface area contributed by atoms with Crippen LogP contribution in [-0.4, -0.2) is 8.67 Å². The SMILES string of the molecule is C1CCC2C(C1)CC1CCCCC12.C1CCC2C(C1)CC1CCCCC12.CC(C)(Cl)Cl.CC(C)(Cl)Cl.CCC1CCCC1.CCCCC1CCCC1. The van der Waals surface area contributed by atoms with Crippen molar-refractivity contribution in [2.24, 2.45) is 59.2 Å². The maximum absolute atomic E-state index is 5.30. The second-order valence-corrected chi connectivity index (χ2v) is 24.0. The van der Waals surface area contributed by atoms with Gasteiger partial charge in [-0.1, -0.05) is 168 Å². The van der Waals surface area contributed by atoms with Gasteiger partial charge in [0.25, 0.3) is 0 Å². The molecule has 8 fully saturated rings. The summed E-state index contributed by atoms with van der Waals surface area (Å²) in [7, 11) is 0. The number of unbranched alkanes of at least 4 members (excludes halogenated alkanes) is 1. The molecule has 8 unspecified atom stereocenters. The predicted octanol–water partition coefficient (Wildman–Crippen LogP) is 18.4. The fraction of sp³-hybridized carbons (Fsp3) is 1.00. The molecule has 0 amide bonds. The van der Waals surface area contributed by atoms with E-state index in [0.717, 1.165) is 11.8 Å². The molecule has 0 aliphatic heterocycles. The van der Waals surface area contributed by atoms with Gasteiger partial charge in [-0.25, -0.2) is 0 Å². The first-order chi connectivity index (χ1) is 24.8. The third kappa shape index (κ3) is 19.5. The van der Waals surface area contributed by atoms with E-state index in [0.29, 0.717) is 0 Å². The Hall–Kier alpha value is 1.16. The molecule has 308 valence electrons. The van der Waals surface area contributed by atoms with Crippen LogP contribution in [0.2, 0.25) is 0 Å². The van der Waals surface area contributed by atoms with Crippen LogP contribution in [0.5, 0.6) is 0 Å². The van der Waals surface area contributed by atoms with E-state index in [4.69, 9.17) is 46.4 Å². The van der Waals surface area contributed by atoms with Crippen LogP contribution < -0.4 is 0 Å². The normalized spacial score (nSPS) is 34.0. The molecule has 0 heterocycles. The van der Waals surface area contributed by atoms with E-state index in [-0.39, 0.29) is 0 Å². The lowest BCUT2D eigenvalue weighted by atomic mass is 9.73. The standard InChI is InChI=1S/2C13H22.C9H18.C7H14.2C3H6Cl2/c2*1-3-7-12-10(5-1)9-11-6-2-4-8-13(11)12;1-2-3-6-9-7-4-5-8-9;1-2-7-5-3-4-6-7;2*1-3(2,4)5/h2*10-13H,1-9H2;9H,2-8H2,1H3;7H,2-6H2,1H3;2*1-2H3. The van der Waals surface area contributed by atoms with Crippen LogP contribution in [0.4, 0.5) is 0 Å². The first-order valence-corrected chi connectivity index (χ1v) is 25.0. The Bertz CT molecular complexity index is 772. The zero-order valence-corrected chi connectivity index (χ0v) is 38.5. The van der Waals surface area contributed by atoms with Crippen molar-refractivity contribution in [2.75, 3.05) is 0 Å². The van der Waals surface area contributed by atoms with Gasteiger partial charge in [0.15, 0.2) is 0 Å². The van der Waals surface area contributed by atoms with Gasteiger partial charge in [-0.2, -0.15) is 0 Å². The van der Waals surface area contributed by atoms with Gasteiger partial charge in [0.2, 0.25) is 0 Å². The molecule has 8 saturated carbocycles. The van der Waals surface area contributed by atoms with Crippen LogP contribution in [0.3, 0.4) is 0 Å². The summed E-state index contributed by atoms with van der Waals surface area (Å²) in [6.45, 7) is 11.5. The van der Waals surface area contributed by atoms with Crippen molar-refractivity contribution in [3.63, 3.8) is 0 Å². The fourth-order valence-electron chi connectivity index (χ4n) is 12.4. The molecule has 8 rings (SSSR count). The Labute approximate surface area is 346 Å². The van der Waals surface area contributed by atoms with Crippen molar-refractivity contribution < 1.29 is 0 Å². The van der Waals surface area contributed by atoms with Crippen LogP contribution in [0.1, 0.15) is 234 Å². The number of alkyl halides is 4. The number of fused-ring (bicyclic) bond motifs is 6. The molecule has 52 heavy (non-hydrogen) atoms. The summed E-state index contributed by atoms with van der Waals surface area (Å²) >= 11 is 21.2. The second kappa shape index (κ2) is 25.5. The first kappa shape index (κ1) is 47.5. The maximum Gasteiger partial charge on any atom is 0.112 e. The van der Waals surface area contributed by atoms with Gasteiger partial charge in [-0.3, -0.25) is 0 Å². The lowest BCUT2D eigenvalue weighted by Crippen LogP contribution is -2.22. The van der Waals surface area contributed by atoms with E-state index in [1.807, 2.05) is 0 Å². The van der Waals surface area contributed by atoms with Crippen LogP contribution in [0, 0.1) is 59.2 Å². The molecule has 8 atom stereocenters. The number of hydrogen-bond donors (Lipinski definition) is 0. The molecule has 4 heteroatoms. The van der Waals surface area contributed by atoms with Gasteiger partial charge in [-0.15, -0.1) is 46.4 Å². The topological polar surface area (TPSA) is 0 Å². The van der Waals surface area contributed by atoms with Gasteiger partial charge in [0.05, 0.1) is 0 Å². The molecule has 0 nitrogen and oxygen atoms in total. The third-order valence-electron chi connectivity index (χ3n) is 14.7. The highest BCUT2D eigenvalue weighted by Gasteiger charge is 2.45. The summed E-state index contributed by atoms with van der Waals surface area (Å²) in [5, 5.41) is 0. The van der Waals surface area contributed by atoms with E-state index in [9.17, 15) is 0 Å². The van der Waals surface area contributed by atoms with Crippen molar-refractivity contribution in [2.45, 2.75) is 243 Å². The van der Waals surface area contributed by atoms with Crippen molar-refractivity contribution in [3.8, 4) is 0 Å². The molecule has 8 aliphatic rings. The van der Waals surface area contributed by atoms with E-state index in [2.05, 4.69) is 13.8 Å². The molecule has 0 bridgehead atoms. The molecule has 0 saturated heterocycles. The summed E-state index contributed by atoms with van der Waals surface area (Å²) in [5.74, 6) is 11.6. The summed E-state index contributed by atoms with van der Waals surface area (Å²) in [4.78, 5) is 0. The minimum absolute atomic E-state index is 0.556. The Morgan fingerprint density at radius 3 is 0.885 bits per heavy atom. The molecule has 8 aliphatic carbocycles. The van der Waals surface area contributed by atoms with Gasteiger partial charge in [-0.05, 0) is 125 Å². The highest BCUT2D eigenvalue weighted by molar-refractivity contribution is 6.48.